The third-order valence-electron chi connectivity index (χ3n) is 5.54. The molecule has 39 heavy (non-hydrogen) atoms. The number of carboxylic acids is 1. The summed E-state index contributed by atoms with van der Waals surface area (Å²) in [5, 5.41) is 28.7. The number of thioether (sulfide) groups is 2. The van der Waals surface area contributed by atoms with Crippen LogP contribution in [0.2, 0.25) is 0 Å². The highest BCUT2D eigenvalue weighted by Gasteiger charge is 2.55. The van der Waals surface area contributed by atoms with E-state index in [9.17, 15) is 27.9 Å². The molecule has 5 N–H and O–H groups in total. The number of aliphatic carboxylic acids is 1. The minimum atomic E-state index is -4.39. The van der Waals surface area contributed by atoms with Crippen molar-refractivity contribution >= 4 is 57.3 Å². The fourth-order valence-electron chi connectivity index (χ4n) is 3.93. The first kappa shape index (κ1) is 28.5. The molecule has 2 aliphatic heterocycles. The topological polar surface area (TPSA) is 242 Å². The maximum Gasteiger partial charge on any atom is 0.352 e. The van der Waals surface area contributed by atoms with E-state index in [4.69, 9.17) is 13.8 Å². The molecule has 1 saturated heterocycles. The van der Waals surface area contributed by atoms with Crippen molar-refractivity contribution in [3.63, 3.8) is 0 Å². The van der Waals surface area contributed by atoms with Crippen LogP contribution in [0.5, 0.6) is 0 Å². The maximum atomic E-state index is 13.1. The standard InChI is InChI=1S/C19H22N8O9S3/c1-35-24-12(10-4-3-7-36-10)15(28)21-13-16(29)27-14(18(30)31)9(8-37-17(13)27)11(38-19-22-25-26-23-19)5-2-6-20-39(32,33)34/h3-4,7,11,13,17,20H,2,5-6,8H2,1H3,(H,21,28)(H,30,31)(H,32,33,34)(H,22,23,25,26)/t11?,13?,17-/m0/s1. The number of carbonyl (C=O) groups excluding carboxylic acids is 2. The number of rotatable bonds is 13. The molecule has 2 aliphatic rings. The van der Waals surface area contributed by atoms with E-state index in [1.807, 2.05) is 4.72 Å². The van der Waals surface area contributed by atoms with E-state index in [1.54, 1.807) is 6.07 Å². The molecule has 17 nitrogen and oxygen atoms in total. The number of H-pyrrole nitrogens is 1. The molecule has 0 radical (unpaired) electrons. The number of furan rings is 1. The van der Waals surface area contributed by atoms with Gasteiger partial charge in [0.2, 0.25) is 10.9 Å². The van der Waals surface area contributed by atoms with E-state index in [1.165, 1.54) is 31.2 Å². The summed E-state index contributed by atoms with van der Waals surface area (Å²) in [4.78, 5) is 44.2. The van der Waals surface area contributed by atoms with E-state index < -0.39 is 44.8 Å². The fourth-order valence-corrected chi connectivity index (χ4v) is 6.93. The Morgan fingerprint density at radius 1 is 1.46 bits per heavy atom. The molecule has 0 bridgehead atoms. The van der Waals surface area contributed by atoms with Crippen LogP contribution in [0.4, 0.5) is 0 Å². The number of carbonyl (C=O) groups is 3. The zero-order valence-corrected chi connectivity index (χ0v) is 22.5. The number of fused-ring (bicyclic) bond motifs is 1. The molecule has 0 spiro atoms. The maximum absolute atomic E-state index is 13.1. The molecular formula is C19H22N8O9S3. The van der Waals surface area contributed by atoms with Crippen LogP contribution in [-0.4, -0.2) is 103 Å². The van der Waals surface area contributed by atoms with Gasteiger partial charge in [-0.1, -0.05) is 16.9 Å². The largest absolute Gasteiger partial charge is 0.477 e. The van der Waals surface area contributed by atoms with Crippen molar-refractivity contribution in [1.82, 2.24) is 35.6 Å². The predicted molar refractivity (Wildman–Crippen MR) is 135 cm³/mol. The highest BCUT2D eigenvalue weighted by Crippen LogP contribution is 2.44. The summed E-state index contributed by atoms with van der Waals surface area (Å²) in [5.41, 5.74) is -0.0361. The van der Waals surface area contributed by atoms with Gasteiger partial charge in [-0.05, 0) is 41.0 Å². The van der Waals surface area contributed by atoms with Gasteiger partial charge in [0.05, 0.1) is 6.26 Å². The highest BCUT2D eigenvalue weighted by atomic mass is 32.2. The van der Waals surface area contributed by atoms with Crippen LogP contribution in [0.25, 0.3) is 0 Å². The fraction of sp³-hybridized carbons (Fsp3) is 0.421. The van der Waals surface area contributed by atoms with Gasteiger partial charge in [0.15, 0.2) is 5.76 Å². The second-order valence-electron chi connectivity index (χ2n) is 7.96. The van der Waals surface area contributed by atoms with Crippen LogP contribution in [-0.2, 0) is 29.5 Å². The summed E-state index contributed by atoms with van der Waals surface area (Å²) in [7, 11) is -3.14. The second-order valence-corrected chi connectivity index (χ2v) is 11.5. The summed E-state index contributed by atoms with van der Waals surface area (Å²) in [6.45, 7) is -0.103. The zero-order chi connectivity index (χ0) is 28.2. The lowest BCUT2D eigenvalue weighted by Gasteiger charge is -2.50. The van der Waals surface area contributed by atoms with Crippen LogP contribution in [0, 0.1) is 0 Å². The number of aromatic nitrogens is 4. The molecule has 3 atom stereocenters. The van der Waals surface area contributed by atoms with Crippen LogP contribution in [0.15, 0.2) is 44.4 Å². The van der Waals surface area contributed by atoms with Crippen molar-refractivity contribution in [2.24, 2.45) is 5.16 Å². The van der Waals surface area contributed by atoms with Crippen LogP contribution >= 0.6 is 23.5 Å². The van der Waals surface area contributed by atoms with Gasteiger partial charge < -0.3 is 19.7 Å². The van der Waals surface area contributed by atoms with E-state index in [-0.39, 0.29) is 47.5 Å². The molecule has 4 heterocycles. The van der Waals surface area contributed by atoms with Gasteiger partial charge in [-0.25, -0.2) is 9.89 Å². The molecular weight excluding hydrogens is 580 g/mol. The van der Waals surface area contributed by atoms with Gasteiger partial charge in [0.25, 0.3) is 11.8 Å². The number of carboxylic acid groups (broad SMARTS) is 1. The molecule has 2 aromatic rings. The number of amides is 2. The van der Waals surface area contributed by atoms with E-state index in [0.717, 1.165) is 16.7 Å². The molecule has 0 saturated carbocycles. The molecule has 0 aromatic carbocycles. The number of nitrogens with one attached hydrogen (secondary N) is 3. The molecule has 0 aliphatic carbocycles. The third-order valence-corrected chi connectivity index (χ3v) is 8.61. The highest BCUT2D eigenvalue weighted by molar-refractivity contribution is 8.01. The van der Waals surface area contributed by atoms with Gasteiger partial charge in [0.1, 0.15) is 24.2 Å². The Balaban J connectivity index is 1.54. The number of hydrogen-bond acceptors (Lipinski definition) is 13. The van der Waals surface area contributed by atoms with Crippen LogP contribution < -0.4 is 10.0 Å². The summed E-state index contributed by atoms with van der Waals surface area (Å²) in [6, 6.07) is 2.01. The number of hydrogen-bond donors (Lipinski definition) is 5. The number of nitrogens with zero attached hydrogens (tertiary/aromatic N) is 5. The first-order valence-corrected chi connectivity index (χ1v) is 14.5. The quantitative estimate of drug-likeness (QED) is 0.0471. The van der Waals surface area contributed by atoms with Crippen molar-refractivity contribution in [1.29, 1.82) is 0 Å². The molecule has 2 aromatic heterocycles. The monoisotopic (exact) mass is 602 g/mol. The normalized spacial score (nSPS) is 20.3. The number of β-lactam (4-membered cyclic amide) rings is 1. The first-order valence-electron chi connectivity index (χ1n) is 11.1. The minimum absolute atomic E-state index is 0.103. The van der Waals surface area contributed by atoms with Crippen molar-refractivity contribution < 1.29 is 41.7 Å². The van der Waals surface area contributed by atoms with E-state index in [0.29, 0.717) is 5.57 Å². The molecule has 2 unspecified atom stereocenters. The molecule has 4 rings (SSSR count). The molecule has 210 valence electrons. The Morgan fingerprint density at radius 3 is 2.87 bits per heavy atom. The van der Waals surface area contributed by atoms with Crippen molar-refractivity contribution in [2.45, 2.75) is 34.7 Å². The summed E-state index contributed by atoms with van der Waals surface area (Å²) < 4.78 is 38.0. The smallest absolute Gasteiger partial charge is 0.352 e. The van der Waals surface area contributed by atoms with Crippen LogP contribution in [0.1, 0.15) is 18.6 Å². The van der Waals surface area contributed by atoms with Gasteiger partial charge in [0, 0.05) is 17.5 Å². The average Bonchev–Trinajstić information content (AvgIpc) is 3.60. The first-order chi connectivity index (χ1) is 18.6. The Kier molecular flexibility index (Phi) is 8.90. The van der Waals surface area contributed by atoms with Gasteiger partial charge in [-0.3, -0.25) is 19.0 Å². The Hall–Kier alpha value is -3.46. The average molecular weight is 603 g/mol. The Bertz CT molecular complexity index is 1380. The van der Waals surface area contributed by atoms with Gasteiger partial charge >= 0.3 is 16.3 Å². The SMILES string of the molecule is CON=C(C(=O)NC1C(=O)N2C(C(=O)O)=C(C(CCCNS(=O)(=O)O)Sc3nnn[nH]3)CS[C@@H]12)c1ccco1. The molecule has 2 amide bonds. The van der Waals surface area contributed by atoms with E-state index >= 15 is 0 Å². The van der Waals surface area contributed by atoms with Gasteiger partial charge in [-0.15, -0.1) is 16.9 Å². The Labute approximate surface area is 229 Å². The lowest BCUT2D eigenvalue weighted by molar-refractivity contribution is -0.150. The zero-order valence-electron chi connectivity index (χ0n) is 20.0. The number of tetrazole rings is 1. The number of aromatic amines is 1. The number of oxime groups is 1. The molecule has 1 fully saturated rings. The predicted octanol–water partition coefficient (Wildman–Crippen LogP) is -0.785. The lowest BCUT2D eigenvalue weighted by atomic mass is 9.99. The van der Waals surface area contributed by atoms with Crippen molar-refractivity contribution in [3.05, 3.63) is 35.4 Å². The van der Waals surface area contributed by atoms with Crippen molar-refractivity contribution in [2.75, 3.05) is 19.4 Å². The minimum Gasteiger partial charge on any atom is -0.477 e. The summed E-state index contributed by atoms with van der Waals surface area (Å²) in [6.07, 6.45) is 1.83. The van der Waals surface area contributed by atoms with Gasteiger partial charge in [-0.2, -0.15) is 13.1 Å². The summed E-state index contributed by atoms with van der Waals surface area (Å²) >= 11 is 2.37. The summed E-state index contributed by atoms with van der Waals surface area (Å²) in [5.74, 6) is -2.42. The van der Waals surface area contributed by atoms with E-state index in [2.05, 4.69) is 31.1 Å². The third kappa shape index (κ3) is 6.58. The second kappa shape index (κ2) is 12.2. The van der Waals surface area contributed by atoms with Crippen molar-refractivity contribution in [3.8, 4) is 0 Å². The molecule has 20 heteroatoms. The van der Waals surface area contributed by atoms with Crippen LogP contribution in [0.3, 0.4) is 0 Å². The lowest BCUT2D eigenvalue weighted by Crippen LogP contribution is -2.71. The Morgan fingerprint density at radius 2 is 2.26 bits per heavy atom.